The maximum atomic E-state index is 14.0. The molecular formula is C30H36ClN3O4S. The summed E-state index contributed by atoms with van der Waals surface area (Å²) in [6.45, 7) is 8.82. The van der Waals surface area contributed by atoms with Crippen molar-refractivity contribution in [3.63, 3.8) is 0 Å². The zero-order valence-corrected chi connectivity index (χ0v) is 24.6. The third-order valence-corrected chi connectivity index (χ3v) is 8.87. The van der Waals surface area contributed by atoms with Crippen LogP contribution in [0.3, 0.4) is 0 Å². The SMILES string of the molecule is CC[C@H](C)NC(=O)[C@@H](C)N(Cc1cccc(Cl)c1)C(=O)CN(c1cccc(C)c1C)S(=O)(=O)c1ccccc1. The van der Waals surface area contributed by atoms with Gasteiger partial charge in [-0.3, -0.25) is 13.9 Å². The van der Waals surface area contributed by atoms with Crippen LogP contribution in [0.1, 0.15) is 43.9 Å². The monoisotopic (exact) mass is 569 g/mol. The zero-order chi connectivity index (χ0) is 28.7. The van der Waals surface area contributed by atoms with Gasteiger partial charge in [0.2, 0.25) is 11.8 Å². The number of halogens is 1. The maximum absolute atomic E-state index is 14.0. The standard InChI is InChI=1S/C30H36ClN3O4S/c1-6-22(3)32-30(36)24(5)33(19-25-13-11-14-26(31)18-25)29(35)20-34(28-17-10-12-21(2)23(28)4)39(37,38)27-15-8-7-9-16-27/h7-18,22,24H,6,19-20H2,1-5H3,(H,32,36)/t22-,24+/m0/s1. The molecule has 0 fully saturated rings. The summed E-state index contributed by atoms with van der Waals surface area (Å²) in [6.07, 6.45) is 0.733. The minimum atomic E-state index is -4.11. The first-order chi connectivity index (χ1) is 18.4. The van der Waals surface area contributed by atoms with Gasteiger partial charge < -0.3 is 10.2 Å². The number of nitrogens with one attached hydrogen (secondary N) is 1. The van der Waals surface area contributed by atoms with Crippen LogP contribution in [0.15, 0.2) is 77.7 Å². The number of aryl methyl sites for hydroxylation is 1. The second kappa shape index (κ2) is 13.1. The van der Waals surface area contributed by atoms with E-state index in [4.69, 9.17) is 11.6 Å². The topological polar surface area (TPSA) is 86.8 Å². The fraction of sp³-hybridized carbons (Fsp3) is 0.333. The lowest BCUT2D eigenvalue weighted by Gasteiger charge is -2.33. The van der Waals surface area contributed by atoms with Crippen LogP contribution in [-0.4, -0.2) is 43.8 Å². The van der Waals surface area contributed by atoms with Crippen molar-refractivity contribution in [1.82, 2.24) is 10.2 Å². The first-order valence-electron chi connectivity index (χ1n) is 12.9. The van der Waals surface area contributed by atoms with Crippen LogP contribution in [0.25, 0.3) is 0 Å². The number of hydrogen-bond acceptors (Lipinski definition) is 4. The van der Waals surface area contributed by atoms with Gasteiger partial charge in [0, 0.05) is 17.6 Å². The van der Waals surface area contributed by atoms with E-state index in [1.165, 1.54) is 17.0 Å². The third-order valence-electron chi connectivity index (χ3n) is 6.87. The second-order valence-corrected chi connectivity index (χ2v) is 12.0. The number of rotatable bonds is 11. The molecule has 39 heavy (non-hydrogen) atoms. The van der Waals surface area contributed by atoms with Crippen molar-refractivity contribution < 1.29 is 18.0 Å². The van der Waals surface area contributed by atoms with Crippen molar-refractivity contribution >= 4 is 39.1 Å². The number of sulfonamides is 1. The number of carbonyl (C=O) groups excluding carboxylic acids is 2. The molecule has 9 heteroatoms. The summed E-state index contributed by atoms with van der Waals surface area (Å²) < 4.78 is 28.9. The van der Waals surface area contributed by atoms with E-state index in [-0.39, 0.29) is 23.4 Å². The van der Waals surface area contributed by atoms with Gasteiger partial charge in [-0.05, 0) is 81.1 Å². The van der Waals surface area contributed by atoms with Gasteiger partial charge in [0.1, 0.15) is 12.6 Å². The fourth-order valence-electron chi connectivity index (χ4n) is 4.12. The lowest BCUT2D eigenvalue weighted by molar-refractivity contribution is -0.139. The number of nitrogens with zero attached hydrogens (tertiary/aromatic N) is 2. The highest BCUT2D eigenvalue weighted by Crippen LogP contribution is 2.29. The van der Waals surface area contributed by atoms with Gasteiger partial charge in [0.25, 0.3) is 10.0 Å². The summed E-state index contributed by atoms with van der Waals surface area (Å²) in [5.41, 5.74) is 2.77. The smallest absolute Gasteiger partial charge is 0.264 e. The molecule has 2 atom stereocenters. The molecule has 0 saturated carbocycles. The van der Waals surface area contributed by atoms with Gasteiger partial charge in [-0.25, -0.2) is 8.42 Å². The predicted octanol–water partition coefficient (Wildman–Crippen LogP) is 5.48. The van der Waals surface area contributed by atoms with Crippen molar-refractivity contribution in [3.05, 3.63) is 94.5 Å². The zero-order valence-electron chi connectivity index (χ0n) is 23.0. The highest BCUT2D eigenvalue weighted by molar-refractivity contribution is 7.92. The van der Waals surface area contributed by atoms with Crippen LogP contribution in [0.2, 0.25) is 5.02 Å². The number of benzene rings is 3. The lowest BCUT2D eigenvalue weighted by Crippen LogP contribution is -2.52. The highest BCUT2D eigenvalue weighted by atomic mass is 35.5. The van der Waals surface area contributed by atoms with Gasteiger partial charge in [-0.15, -0.1) is 0 Å². The molecule has 0 aromatic heterocycles. The molecule has 0 saturated heterocycles. The van der Waals surface area contributed by atoms with E-state index in [1.54, 1.807) is 55.5 Å². The molecule has 3 aromatic carbocycles. The molecule has 208 valence electrons. The summed E-state index contributed by atoms with van der Waals surface area (Å²) in [4.78, 5) is 28.6. The summed E-state index contributed by atoms with van der Waals surface area (Å²) >= 11 is 6.19. The normalized spacial score (nSPS) is 12.9. The molecule has 0 bridgehead atoms. The van der Waals surface area contributed by atoms with E-state index in [9.17, 15) is 18.0 Å². The Labute approximate surface area is 236 Å². The van der Waals surface area contributed by atoms with Crippen LogP contribution in [-0.2, 0) is 26.2 Å². The second-order valence-electron chi connectivity index (χ2n) is 9.69. The molecule has 3 rings (SSSR count). The van der Waals surface area contributed by atoms with Gasteiger partial charge in [-0.1, -0.05) is 61.0 Å². The number of anilines is 1. The van der Waals surface area contributed by atoms with E-state index in [0.717, 1.165) is 27.4 Å². The fourth-order valence-corrected chi connectivity index (χ4v) is 5.82. The Hall–Kier alpha value is -3.36. The number of hydrogen-bond donors (Lipinski definition) is 1. The highest BCUT2D eigenvalue weighted by Gasteiger charge is 2.33. The Morgan fingerprint density at radius 2 is 1.62 bits per heavy atom. The van der Waals surface area contributed by atoms with E-state index >= 15 is 0 Å². The Balaban J connectivity index is 2.06. The van der Waals surface area contributed by atoms with Crippen molar-refractivity contribution in [3.8, 4) is 0 Å². The molecular weight excluding hydrogens is 534 g/mol. The van der Waals surface area contributed by atoms with E-state index < -0.39 is 28.5 Å². The van der Waals surface area contributed by atoms with Crippen LogP contribution < -0.4 is 9.62 Å². The van der Waals surface area contributed by atoms with Gasteiger partial charge in [0.05, 0.1) is 10.6 Å². The van der Waals surface area contributed by atoms with E-state index in [2.05, 4.69) is 5.32 Å². The first-order valence-corrected chi connectivity index (χ1v) is 14.8. The van der Waals surface area contributed by atoms with Crippen molar-refractivity contribution in [2.24, 2.45) is 0 Å². The summed E-state index contributed by atoms with van der Waals surface area (Å²) in [6, 6.07) is 19.5. The molecule has 0 aliphatic rings. The molecule has 0 aliphatic carbocycles. The van der Waals surface area contributed by atoms with Gasteiger partial charge in [0.15, 0.2) is 0 Å². The lowest BCUT2D eigenvalue weighted by atomic mass is 10.1. The summed E-state index contributed by atoms with van der Waals surface area (Å²) in [5.74, 6) is -0.828. The molecule has 3 aromatic rings. The predicted molar refractivity (Wildman–Crippen MR) is 156 cm³/mol. The van der Waals surface area contributed by atoms with Crippen molar-refractivity contribution in [1.29, 1.82) is 0 Å². The molecule has 0 aliphatic heterocycles. The number of carbonyl (C=O) groups is 2. The Morgan fingerprint density at radius 3 is 2.26 bits per heavy atom. The molecule has 1 N–H and O–H groups in total. The van der Waals surface area contributed by atoms with Crippen LogP contribution in [0, 0.1) is 13.8 Å². The van der Waals surface area contributed by atoms with Crippen LogP contribution in [0.4, 0.5) is 5.69 Å². The van der Waals surface area contributed by atoms with Gasteiger partial charge in [-0.2, -0.15) is 0 Å². The third kappa shape index (κ3) is 7.40. The summed E-state index contributed by atoms with van der Waals surface area (Å²) in [5, 5.41) is 3.43. The van der Waals surface area contributed by atoms with E-state index in [1.807, 2.05) is 39.8 Å². The average Bonchev–Trinajstić information content (AvgIpc) is 2.92. The summed E-state index contributed by atoms with van der Waals surface area (Å²) in [7, 11) is -4.11. The molecule has 0 heterocycles. The first kappa shape index (κ1) is 30.2. The van der Waals surface area contributed by atoms with E-state index in [0.29, 0.717) is 10.7 Å². The molecule has 0 unspecified atom stereocenters. The largest absolute Gasteiger partial charge is 0.352 e. The minimum absolute atomic E-state index is 0.0719. The molecule has 2 amide bonds. The Kier molecular flexibility index (Phi) is 10.2. The Morgan fingerprint density at radius 1 is 0.949 bits per heavy atom. The molecule has 0 spiro atoms. The average molecular weight is 570 g/mol. The Bertz CT molecular complexity index is 1410. The maximum Gasteiger partial charge on any atom is 0.264 e. The van der Waals surface area contributed by atoms with Crippen molar-refractivity contribution in [2.75, 3.05) is 10.8 Å². The van der Waals surface area contributed by atoms with Crippen LogP contribution in [0.5, 0.6) is 0 Å². The van der Waals surface area contributed by atoms with Gasteiger partial charge >= 0.3 is 0 Å². The quantitative estimate of drug-likeness (QED) is 0.331. The molecule has 0 radical (unpaired) electrons. The molecule has 7 nitrogen and oxygen atoms in total. The van der Waals surface area contributed by atoms with Crippen LogP contribution >= 0.6 is 11.6 Å². The number of amides is 2. The van der Waals surface area contributed by atoms with Crippen molar-refractivity contribution in [2.45, 2.75) is 64.6 Å². The minimum Gasteiger partial charge on any atom is -0.352 e.